The largest absolute Gasteiger partial charge is 1.00 e. The van der Waals surface area contributed by atoms with Crippen molar-refractivity contribution in [3.05, 3.63) is 41.5 Å². The standard InChI is InChI=1S/C22H32O3S.Na/c1-3-5-7-9-11-18-13-14-21-20(15-18)16-19(12-10-8-6-4-2)17-22(21)26(23,24)25;/h13-17H,3-12H2,1-2H3,(H,23,24,25);/q;+1/p-1. The van der Waals surface area contributed by atoms with Crippen LogP contribution in [-0.4, -0.2) is 13.0 Å². The average Bonchev–Trinajstić information content (AvgIpc) is 2.60. The fourth-order valence-electron chi connectivity index (χ4n) is 3.46. The zero-order valence-corrected chi connectivity index (χ0v) is 19.9. The van der Waals surface area contributed by atoms with E-state index in [0.29, 0.717) is 5.39 Å². The molecular weight excluding hydrogens is 367 g/mol. The SMILES string of the molecule is CCCCCCc1ccc2c(S(=O)(=O)[O-])cc(CCCCCC)cc2c1.[Na+]. The molecule has 0 radical (unpaired) electrons. The van der Waals surface area contributed by atoms with E-state index in [1.165, 1.54) is 37.7 Å². The summed E-state index contributed by atoms with van der Waals surface area (Å²) in [4.78, 5) is -0.0713. The molecule has 0 atom stereocenters. The molecule has 0 aliphatic heterocycles. The van der Waals surface area contributed by atoms with Crippen molar-refractivity contribution < 1.29 is 42.5 Å². The Bertz CT molecular complexity index is 810. The van der Waals surface area contributed by atoms with Gasteiger partial charge in [-0.2, -0.15) is 0 Å². The summed E-state index contributed by atoms with van der Waals surface area (Å²) < 4.78 is 35.2. The Morgan fingerprint density at radius 3 is 1.89 bits per heavy atom. The first kappa shape index (κ1) is 24.6. The third-order valence-corrected chi connectivity index (χ3v) is 5.82. The molecule has 144 valence electrons. The van der Waals surface area contributed by atoms with Gasteiger partial charge in [-0.05, 0) is 53.6 Å². The maximum absolute atomic E-state index is 11.7. The molecule has 0 amide bonds. The van der Waals surface area contributed by atoms with Crippen LogP contribution in [-0.2, 0) is 23.0 Å². The zero-order chi connectivity index (χ0) is 19.0. The maximum Gasteiger partial charge on any atom is 1.00 e. The quantitative estimate of drug-likeness (QED) is 0.332. The molecule has 3 nitrogen and oxygen atoms in total. The molecule has 2 rings (SSSR count). The summed E-state index contributed by atoms with van der Waals surface area (Å²) in [6.07, 6.45) is 11.1. The van der Waals surface area contributed by atoms with E-state index in [1.807, 2.05) is 6.07 Å². The molecule has 0 unspecified atom stereocenters. The number of benzene rings is 2. The van der Waals surface area contributed by atoms with Crippen molar-refractivity contribution in [3.8, 4) is 0 Å². The van der Waals surface area contributed by atoms with Crippen LogP contribution in [0.3, 0.4) is 0 Å². The fourth-order valence-corrected chi connectivity index (χ4v) is 4.21. The van der Waals surface area contributed by atoms with Crippen LogP contribution in [0, 0.1) is 0 Å². The number of unbranched alkanes of at least 4 members (excludes halogenated alkanes) is 6. The van der Waals surface area contributed by atoms with Crippen LogP contribution >= 0.6 is 0 Å². The first-order valence-corrected chi connectivity index (χ1v) is 11.4. The zero-order valence-electron chi connectivity index (χ0n) is 17.1. The maximum atomic E-state index is 11.7. The predicted octanol–water partition coefficient (Wildman–Crippen LogP) is 2.99. The van der Waals surface area contributed by atoms with Gasteiger partial charge in [-0.15, -0.1) is 0 Å². The van der Waals surface area contributed by atoms with Crippen molar-refractivity contribution in [2.75, 3.05) is 0 Å². The molecular formula is C22H31NaO3S. The van der Waals surface area contributed by atoms with Gasteiger partial charge < -0.3 is 4.55 Å². The smallest absolute Gasteiger partial charge is 0.744 e. The second kappa shape index (κ2) is 12.2. The van der Waals surface area contributed by atoms with E-state index < -0.39 is 10.1 Å². The molecule has 0 fully saturated rings. The third-order valence-electron chi connectivity index (χ3n) is 4.95. The van der Waals surface area contributed by atoms with Crippen molar-refractivity contribution in [2.45, 2.75) is 83.0 Å². The Labute approximate surface area is 187 Å². The van der Waals surface area contributed by atoms with Gasteiger partial charge in [-0.25, -0.2) is 8.42 Å². The molecule has 0 N–H and O–H groups in total. The van der Waals surface area contributed by atoms with E-state index in [2.05, 4.69) is 26.0 Å². The van der Waals surface area contributed by atoms with Gasteiger partial charge in [-0.3, -0.25) is 0 Å². The van der Waals surface area contributed by atoms with Crippen molar-refractivity contribution in [1.29, 1.82) is 0 Å². The number of rotatable bonds is 11. The molecule has 0 bridgehead atoms. The molecule has 2 aromatic rings. The van der Waals surface area contributed by atoms with Crippen molar-refractivity contribution in [2.24, 2.45) is 0 Å². The molecule has 5 heteroatoms. The first-order valence-electron chi connectivity index (χ1n) is 9.97. The monoisotopic (exact) mass is 398 g/mol. The molecule has 0 saturated carbocycles. The molecule has 2 aromatic carbocycles. The van der Waals surface area contributed by atoms with Crippen LogP contribution in [0.25, 0.3) is 10.8 Å². The number of fused-ring (bicyclic) bond motifs is 1. The summed E-state index contributed by atoms with van der Waals surface area (Å²) in [6, 6.07) is 9.47. The number of hydrogen-bond donors (Lipinski definition) is 0. The minimum absolute atomic E-state index is 0. The summed E-state index contributed by atoms with van der Waals surface area (Å²) in [5.41, 5.74) is 2.16. The molecule has 0 aliphatic rings. The van der Waals surface area contributed by atoms with Crippen LogP contribution in [0.4, 0.5) is 0 Å². The van der Waals surface area contributed by atoms with Crippen LogP contribution < -0.4 is 29.6 Å². The van der Waals surface area contributed by atoms with E-state index in [0.717, 1.165) is 43.1 Å². The van der Waals surface area contributed by atoms with Gasteiger partial charge in [-0.1, -0.05) is 76.6 Å². The van der Waals surface area contributed by atoms with E-state index in [9.17, 15) is 13.0 Å². The Balaban J connectivity index is 0.00000364. The van der Waals surface area contributed by atoms with Crippen LogP contribution in [0.5, 0.6) is 0 Å². The minimum Gasteiger partial charge on any atom is -0.744 e. The second-order valence-electron chi connectivity index (χ2n) is 7.22. The predicted molar refractivity (Wildman–Crippen MR) is 108 cm³/mol. The summed E-state index contributed by atoms with van der Waals surface area (Å²) in [6.45, 7) is 4.36. The van der Waals surface area contributed by atoms with Crippen molar-refractivity contribution >= 4 is 20.9 Å². The Kier molecular flexibility index (Phi) is 11.2. The van der Waals surface area contributed by atoms with Gasteiger partial charge in [0.1, 0.15) is 10.1 Å². The molecule has 0 spiro atoms. The number of aryl methyl sites for hydroxylation is 2. The van der Waals surface area contributed by atoms with E-state index in [-0.39, 0.29) is 34.5 Å². The molecule has 0 aromatic heterocycles. The Morgan fingerprint density at radius 2 is 1.33 bits per heavy atom. The van der Waals surface area contributed by atoms with Crippen molar-refractivity contribution in [1.82, 2.24) is 0 Å². The van der Waals surface area contributed by atoms with Gasteiger partial charge in [0.25, 0.3) is 0 Å². The van der Waals surface area contributed by atoms with E-state index >= 15 is 0 Å². The van der Waals surface area contributed by atoms with Gasteiger partial charge >= 0.3 is 29.6 Å². The summed E-state index contributed by atoms with van der Waals surface area (Å²) >= 11 is 0. The first-order chi connectivity index (χ1) is 12.5. The summed E-state index contributed by atoms with van der Waals surface area (Å²) in [7, 11) is -4.47. The minimum atomic E-state index is -4.47. The fraction of sp³-hybridized carbons (Fsp3) is 0.545. The Hall–Kier alpha value is -0.390. The summed E-state index contributed by atoms with van der Waals surface area (Å²) in [5, 5.41) is 1.43. The normalized spacial score (nSPS) is 11.5. The van der Waals surface area contributed by atoms with Gasteiger partial charge in [0.2, 0.25) is 0 Å². The molecule has 0 saturated heterocycles. The van der Waals surface area contributed by atoms with Crippen LogP contribution in [0.2, 0.25) is 0 Å². The third kappa shape index (κ3) is 7.86. The Morgan fingerprint density at radius 1 is 0.778 bits per heavy atom. The topological polar surface area (TPSA) is 57.2 Å². The molecule has 0 aliphatic carbocycles. The average molecular weight is 399 g/mol. The summed E-state index contributed by atoms with van der Waals surface area (Å²) in [5.74, 6) is 0. The van der Waals surface area contributed by atoms with Gasteiger partial charge in [0, 0.05) is 0 Å². The molecule has 0 heterocycles. The van der Waals surface area contributed by atoms with E-state index in [1.54, 1.807) is 12.1 Å². The van der Waals surface area contributed by atoms with Crippen LogP contribution in [0.15, 0.2) is 35.2 Å². The van der Waals surface area contributed by atoms with Gasteiger partial charge in [0.15, 0.2) is 0 Å². The second-order valence-corrected chi connectivity index (χ2v) is 8.57. The van der Waals surface area contributed by atoms with E-state index in [4.69, 9.17) is 0 Å². The van der Waals surface area contributed by atoms with Crippen molar-refractivity contribution in [3.63, 3.8) is 0 Å². The molecule has 27 heavy (non-hydrogen) atoms. The van der Waals surface area contributed by atoms with Crippen LogP contribution in [0.1, 0.15) is 76.3 Å². The van der Waals surface area contributed by atoms with Gasteiger partial charge in [0.05, 0.1) is 4.90 Å². The number of hydrogen-bond acceptors (Lipinski definition) is 3.